The molecule has 1 N–H and O–H groups in total. The zero-order valence-corrected chi connectivity index (χ0v) is 18.5. The van der Waals surface area contributed by atoms with Crippen LogP contribution < -0.4 is 5.32 Å². The van der Waals surface area contributed by atoms with Gasteiger partial charge in [-0.3, -0.25) is 9.69 Å². The third-order valence-electron chi connectivity index (χ3n) is 5.40. The molecule has 3 aromatic carbocycles. The van der Waals surface area contributed by atoms with Crippen molar-refractivity contribution in [3.8, 4) is 0 Å². The summed E-state index contributed by atoms with van der Waals surface area (Å²) in [5, 5.41) is 5.20. The first-order valence-electron chi connectivity index (χ1n) is 9.81. The first kappa shape index (κ1) is 21.2. The van der Waals surface area contributed by atoms with Crippen LogP contribution in [0.5, 0.6) is 0 Å². The highest BCUT2D eigenvalue weighted by atomic mass is 35.5. The number of benzene rings is 3. The Morgan fingerprint density at radius 1 is 0.800 bits per heavy atom. The minimum absolute atomic E-state index is 0.0666. The molecule has 0 aromatic heterocycles. The topological polar surface area (TPSA) is 32.3 Å². The number of rotatable bonds is 5. The van der Waals surface area contributed by atoms with Gasteiger partial charge in [-0.05, 0) is 66.1 Å². The van der Waals surface area contributed by atoms with E-state index in [1.165, 1.54) is 0 Å². The second-order valence-corrected chi connectivity index (χ2v) is 8.78. The molecule has 1 saturated heterocycles. The molecule has 1 aliphatic rings. The van der Waals surface area contributed by atoms with Crippen LogP contribution in [0, 0.1) is 0 Å². The summed E-state index contributed by atoms with van der Waals surface area (Å²) in [5.41, 5.74) is 2.93. The summed E-state index contributed by atoms with van der Waals surface area (Å²) in [6.45, 7) is 1.64. The number of carbonyl (C=O) groups excluding carboxylic acids is 1. The summed E-state index contributed by atoms with van der Waals surface area (Å²) >= 11 is 18.1. The number of likely N-dealkylation sites (tertiary alicyclic amines) is 1. The maximum absolute atomic E-state index is 12.6. The molecule has 0 aliphatic carbocycles. The van der Waals surface area contributed by atoms with Gasteiger partial charge in [-0.25, -0.2) is 0 Å². The van der Waals surface area contributed by atoms with Gasteiger partial charge < -0.3 is 5.32 Å². The molecule has 1 heterocycles. The first-order valence-corrected chi connectivity index (χ1v) is 10.9. The number of nitrogens with one attached hydrogen (secondary N) is 1. The molecule has 1 fully saturated rings. The van der Waals surface area contributed by atoms with Crippen molar-refractivity contribution in [2.24, 2.45) is 0 Å². The predicted molar refractivity (Wildman–Crippen MR) is 124 cm³/mol. The zero-order chi connectivity index (χ0) is 21.1. The minimum Gasteiger partial charge on any atom is -0.348 e. The van der Waals surface area contributed by atoms with Crippen molar-refractivity contribution >= 4 is 40.7 Å². The molecule has 0 spiro atoms. The largest absolute Gasteiger partial charge is 0.348 e. The van der Waals surface area contributed by atoms with Gasteiger partial charge in [0.05, 0.1) is 6.04 Å². The Bertz CT molecular complexity index is 959. The Hall–Kier alpha value is -2.04. The lowest BCUT2D eigenvalue weighted by atomic mass is 9.97. The van der Waals surface area contributed by atoms with Crippen LogP contribution in [0.25, 0.3) is 0 Å². The maximum atomic E-state index is 12.6. The molecule has 0 saturated carbocycles. The van der Waals surface area contributed by atoms with Crippen LogP contribution in [0.15, 0.2) is 72.8 Å². The molecule has 3 aromatic rings. The third kappa shape index (κ3) is 4.98. The molecular formula is C24H21Cl3N2O. The molecule has 0 bridgehead atoms. The van der Waals surface area contributed by atoms with Crippen LogP contribution in [0.1, 0.15) is 33.9 Å². The Morgan fingerprint density at radius 2 is 1.27 bits per heavy atom. The van der Waals surface area contributed by atoms with Gasteiger partial charge in [0.15, 0.2) is 0 Å². The second-order valence-electron chi connectivity index (χ2n) is 7.47. The fraction of sp³-hybridized carbons (Fsp3) is 0.208. The number of hydrogen-bond acceptors (Lipinski definition) is 2. The van der Waals surface area contributed by atoms with E-state index in [2.05, 4.69) is 34.5 Å². The van der Waals surface area contributed by atoms with Crippen molar-refractivity contribution in [2.75, 3.05) is 13.1 Å². The Kier molecular flexibility index (Phi) is 6.64. The molecule has 6 heteroatoms. The average molecular weight is 460 g/mol. The number of carbonyl (C=O) groups is 1. The van der Waals surface area contributed by atoms with E-state index in [9.17, 15) is 4.79 Å². The summed E-state index contributed by atoms with van der Waals surface area (Å²) in [4.78, 5) is 15.0. The van der Waals surface area contributed by atoms with Gasteiger partial charge in [0, 0.05) is 39.8 Å². The van der Waals surface area contributed by atoms with Crippen LogP contribution in [-0.4, -0.2) is 29.9 Å². The number of hydrogen-bond donors (Lipinski definition) is 1. The summed E-state index contributed by atoms with van der Waals surface area (Å²) in [7, 11) is 0. The minimum atomic E-state index is -0.0759. The van der Waals surface area contributed by atoms with Gasteiger partial charge >= 0.3 is 0 Å². The highest BCUT2D eigenvalue weighted by Crippen LogP contribution is 2.33. The lowest BCUT2D eigenvalue weighted by molar-refractivity contribution is 0.0937. The van der Waals surface area contributed by atoms with E-state index in [1.807, 2.05) is 24.3 Å². The molecule has 30 heavy (non-hydrogen) atoms. The van der Waals surface area contributed by atoms with Gasteiger partial charge in [0.1, 0.15) is 0 Å². The summed E-state index contributed by atoms with van der Waals surface area (Å²) < 4.78 is 0. The lowest BCUT2D eigenvalue weighted by Gasteiger charge is -2.29. The smallest absolute Gasteiger partial charge is 0.251 e. The molecule has 4 rings (SSSR count). The summed E-state index contributed by atoms with van der Waals surface area (Å²) in [5.74, 6) is -0.0759. The van der Waals surface area contributed by atoms with E-state index in [0.717, 1.165) is 30.6 Å². The van der Waals surface area contributed by atoms with Gasteiger partial charge in [0.25, 0.3) is 5.91 Å². The first-order chi connectivity index (χ1) is 14.5. The summed E-state index contributed by atoms with van der Waals surface area (Å²) in [6.07, 6.45) is 0.886. The Labute approximate surface area is 191 Å². The van der Waals surface area contributed by atoms with Crippen molar-refractivity contribution in [3.05, 3.63) is 105 Å². The summed E-state index contributed by atoms with van der Waals surface area (Å²) in [6, 6.07) is 23.0. The van der Waals surface area contributed by atoms with E-state index in [1.54, 1.807) is 24.3 Å². The van der Waals surface area contributed by atoms with Crippen molar-refractivity contribution in [3.63, 3.8) is 0 Å². The Balaban J connectivity index is 1.52. The normalized spacial score (nSPS) is 16.7. The van der Waals surface area contributed by atoms with E-state index < -0.39 is 0 Å². The fourth-order valence-electron chi connectivity index (χ4n) is 3.91. The highest BCUT2D eigenvalue weighted by molar-refractivity contribution is 6.31. The highest BCUT2D eigenvalue weighted by Gasteiger charge is 2.31. The van der Waals surface area contributed by atoms with E-state index in [-0.39, 0.29) is 18.0 Å². The van der Waals surface area contributed by atoms with Gasteiger partial charge in [-0.2, -0.15) is 0 Å². The Morgan fingerprint density at radius 3 is 1.77 bits per heavy atom. The molecule has 1 atom stereocenters. The maximum Gasteiger partial charge on any atom is 0.251 e. The van der Waals surface area contributed by atoms with E-state index in [0.29, 0.717) is 20.6 Å². The monoisotopic (exact) mass is 458 g/mol. The SMILES string of the molecule is O=C(NC1CCN(C(c2ccc(Cl)cc2)c2ccc(Cl)cc2)C1)c1ccc(Cl)cc1. The standard InChI is InChI=1S/C24H21Cl3N2O/c25-19-7-1-16(2-8-19)23(17-3-9-20(26)10-4-17)29-14-13-22(15-29)28-24(30)18-5-11-21(27)12-6-18/h1-12,22-23H,13-15H2,(H,28,30). The number of amides is 1. The number of halogens is 3. The van der Waals surface area contributed by atoms with Gasteiger partial charge in [0.2, 0.25) is 0 Å². The molecule has 1 unspecified atom stereocenters. The molecule has 0 radical (unpaired) electrons. The molecular weight excluding hydrogens is 439 g/mol. The second kappa shape index (κ2) is 9.40. The van der Waals surface area contributed by atoms with Gasteiger partial charge in [-0.1, -0.05) is 59.1 Å². The quantitative estimate of drug-likeness (QED) is 0.490. The van der Waals surface area contributed by atoms with Crippen LogP contribution in [0.2, 0.25) is 15.1 Å². The molecule has 154 valence electrons. The molecule has 1 amide bonds. The van der Waals surface area contributed by atoms with E-state index in [4.69, 9.17) is 34.8 Å². The van der Waals surface area contributed by atoms with E-state index >= 15 is 0 Å². The van der Waals surface area contributed by atoms with Crippen molar-refractivity contribution in [2.45, 2.75) is 18.5 Å². The van der Waals surface area contributed by atoms with Crippen LogP contribution in [0.3, 0.4) is 0 Å². The van der Waals surface area contributed by atoms with Gasteiger partial charge in [-0.15, -0.1) is 0 Å². The zero-order valence-electron chi connectivity index (χ0n) is 16.2. The third-order valence-corrected chi connectivity index (χ3v) is 6.15. The van der Waals surface area contributed by atoms with Crippen molar-refractivity contribution in [1.29, 1.82) is 0 Å². The van der Waals surface area contributed by atoms with Crippen LogP contribution >= 0.6 is 34.8 Å². The average Bonchev–Trinajstić information content (AvgIpc) is 3.19. The predicted octanol–water partition coefficient (Wildman–Crippen LogP) is 6.24. The fourth-order valence-corrected chi connectivity index (χ4v) is 4.29. The molecule has 3 nitrogen and oxygen atoms in total. The van der Waals surface area contributed by atoms with Crippen LogP contribution in [0.4, 0.5) is 0 Å². The van der Waals surface area contributed by atoms with Crippen molar-refractivity contribution in [1.82, 2.24) is 10.2 Å². The lowest BCUT2D eigenvalue weighted by Crippen LogP contribution is -2.38. The van der Waals surface area contributed by atoms with Crippen LogP contribution in [-0.2, 0) is 0 Å². The van der Waals surface area contributed by atoms with Crippen molar-refractivity contribution < 1.29 is 4.79 Å². The number of nitrogens with zero attached hydrogens (tertiary/aromatic N) is 1. The molecule has 1 aliphatic heterocycles.